The molecule has 1 N–H and O–H groups in total. The summed E-state index contributed by atoms with van der Waals surface area (Å²) in [6, 6.07) is 9.20. The molecule has 1 aromatic heterocycles. The lowest BCUT2D eigenvalue weighted by molar-refractivity contribution is 0.571. The molecule has 0 aliphatic rings. The van der Waals surface area contributed by atoms with Crippen LogP contribution in [0.3, 0.4) is 0 Å². The van der Waals surface area contributed by atoms with Gasteiger partial charge in [0.2, 0.25) is 0 Å². The number of hydrogen-bond acceptors (Lipinski definition) is 4. The van der Waals surface area contributed by atoms with Crippen LogP contribution in [0.5, 0.6) is 0 Å². The standard InChI is InChI=1S/C17H24N2S2/c1-5-18-15(10-17-19-13(3)14(4)21-17)11-20-16-8-6-7-12(2)9-16/h6-9,15,18H,5,10-11H2,1-4H3. The summed E-state index contributed by atoms with van der Waals surface area (Å²) >= 11 is 3.76. The molecule has 0 bridgehead atoms. The van der Waals surface area contributed by atoms with Crippen molar-refractivity contribution in [2.45, 2.75) is 45.1 Å². The van der Waals surface area contributed by atoms with Gasteiger partial charge in [0.05, 0.1) is 10.7 Å². The number of nitrogens with zero attached hydrogens (tertiary/aromatic N) is 1. The number of thiazole rings is 1. The second kappa shape index (κ2) is 7.97. The Balaban J connectivity index is 1.95. The van der Waals surface area contributed by atoms with Crippen LogP contribution < -0.4 is 5.32 Å². The molecule has 1 unspecified atom stereocenters. The maximum absolute atomic E-state index is 4.67. The summed E-state index contributed by atoms with van der Waals surface area (Å²) in [6.07, 6.45) is 1.02. The van der Waals surface area contributed by atoms with Crippen molar-refractivity contribution in [1.29, 1.82) is 0 Å². The van der Waals surface area contributed by atoms with Crippen molar-refractivity contribution in [2.75, 3.05) is 12.3 Å². The maximum Gasteiger partial charge on any atom is 0.0946 e. The van der Waals surface area contributed by atoms with E-state index < -0.39 is 0 Å². The Labute approximate surface area is 136 Å². The molecule has 0 radical (unpaired) electrons. The third kappa shape index (κ3) is 5.13. The normalized spacial score (nSPS) is 12.6. The van der Waals surface area contributed by atoms with Crippen molar-refractivity contribution in [3.8, 4) is 0 Å². The van der Waals surface area contributed by atoms with Crippen molar-refractivity contribution in [3.05, 3.63) is 45.4 Å². The second-order valence-electron chi connectivity index (χ2n) is 5.34. The molecule has 1 aromatic carbocycles. The van der Waals surface area contributed by atoms with Gasteiger partial charge < -0.3 is 5.32 Å². The van der Waals surface area contributed by atoms with Crippen molar-refractivity contribution in [1.82, 2.24) is 10.3 Å². The first kappa shape index (κ1) is 16.5. The summed E-state index contributed by atoms with van der Waals surface area (Å²) in [4.78, 5) is 7.36. The molecule has 1 atom stereocenters. The van der Waals surface area contributed by atoms with E-state index in [1.54, 1.807) is 0 Å². The van der Waals surface area contributed by atoms with Gasteiger partial charge in [-0.3, -0.25) is 0 Å². The average molecular weight is 321 g/mol. The highest BCUT2D eigenvalue weighted by atomic mass is 32.2. The highest BCUT2D eigenvalue weighted by Gasteiger charge is 2.13. The minimum absolute atomic E-state index is 0.477. The summed E-state index contributed by atoms with van der Waals surface area (Å²) in [5.74, 6) is 1.08. The van der Waals surface area contributed by atoms with Crippen LogP contribution in [0.15, 0.2) is 29.2 Å². The minimum atomic E-state index is 0.477. The van der Waals surface area contributed by atoms with E-state index in [1.165, 1.54) is 26.0 Å². The monoisotopic (exact) mass is 320 g/mol. The van der Waals surface area contributed by atoms with E-state index >= 15 is 0 Å². The third-order valence-electron chi connectivity index (χ3n) is 3.43. The Morgan fingerprint density at radius 1 is 1.29 bits per heavy atom. The zero-order valence-electron chi connectivity index (χ0n) is 13.3. The van der Waals surface area contributed by atoms with Gasteiger partial charge in [-0.15, -0.1) is 23.1 Å². The van der Waals surface area contributed by atoms with E-state index in [0.717, 1.165) is 18.7 Å². The summed E-state index contributed by atoms with van der Waals surface area (Å²) in [5.41, 5.74) is 2.50. The lowest BCUT2D eigenvalue weighted by Gasteiger charge is -2.16. The van der Waals surface area contributed by atoms with Gasteiger partial charge in [-0.05, 0) is 39.4 Å². The topological polar surface area (TPSA) is 24.9 Å². The molecule has 0 aliphatic carbocycles. The number of benzene rings is 1. The molecule has 0 spiro atoms. The number of nitrogens with one attached hydrogen (secondary N) is 1. The van der Waals surface area contributed by atoms with E-state index in [0.29, 0.717) is 6.04 Å². The zero-order valence-corrected chi connectivity index (χ0v) is 14.9. The summed E-state index contributed by atoms with van der Waals surface area (Å²) in [6.45, 7) is 9.57. The highest BCUT2D eigenvalue weighted by Crippen LogP contribution is 2.23. The number of thioether (sulfide) groups is 1. The Kier molecular flexibility index (Phi) is 6.27. The van der Waals surface area contributed by atoms with Crippen LogP contribution in [0.4, 0.5) is 0 Å². The van der Waals surface area contributed by atoms with Gasteiger partial charge in [-0.1, -0.05) is 24.6 Å². The first-order chi connectivity index (χ1) is 10.1. The zero-order chi connectivity index (χ0) is 15.2. The number of aryl methyl sites for hydroxylation is 3. The number of rotatable bonds is 7. The molecule has 114 valence electrons. The van der Waals surface area contributed by atoms with Crippen molar-refractivity contribution < 1.29 is 0 Å². The van der Waals surface area contributed by atoms with Crippen LogP contribution in [0.25, 0.3) is 0 Å². The van der Waals surface area contributed by atoms with Gasteiger partial charge >= 0.3 is 0 Å². The molecule has 0 aliphatic heterocycles. The summed E-state index contributed by atoms with van der Waals surface area (Å²) in [5, 5.41) is 4.84. The molecule has 2 nitrogen and oxygen atoms in total. The molecular formula is C17H24N2S2. The van der Waals surface area contributed by atoms with Crippen LogP contribution in [0, 0.1) is 20.8 Å². The largest absolute Gasteiger partial charge is 0.313 e. The molecule has 1 heterocycles. The minimum Gasteiger partial charge on any atom is -0.313 e. The molecular weight excluding hydrogens is 296 g/mol. The fourth-order valence-corrected chi connectivity index (χ4v) is 4.31. The van der Waals surface area contributed by atoms with Gasteiger partial charge in [0, 0.05) is 28.0 Å². The van der Waals surface area contributed by atoms with Crippen molar-refractivity contribution in [2.24, 2.45) is 0 Å². The number of aromatic nitrogens is 1. The predicted octanol–water partition coefficient (Wildman–Crippen LogP) is 4.38. The molecule has 2 rings (SSSR count). The number of likely N-dealkylation sites (N-methyl/N-ethyl adjacent to an activating group) is 1. The summed E-state index contributed by atoms with van der Waals surface area (Å²) < 4.78 is 0. The smallest absolute Gasteiger partial charge is 0.0946 e. The van der Waals surface area contributed by atoms with Crippen LogP contribution in [0.1, 0.15) is 28.1 Å². The SMILES string of the molecule is CCNC(CSc1cccc(C)c1)Cc1nc(C)c(C)s1. The molecule has 0 saturated carbocycles. The van der Waals surface area contributed by atoms with Gasteiger partial charge in [0.15, 0.2) is 0 Å². The van der Waals surface area contributed by atoms with E-state index in [9.17, 15) is 0 Å². The highest BCUT2D eigenvalue weighted by molar-refractivity contribution is 7.99. The van der Waals surface area contributed by atoms with Crippen molar-refractivity contribution >= 4 is 23.1 Å². The van der Waals surface area contributed by atoms with Crippen molar-refractivity contribution in [3.63, 3.8) is 0 Å². The van der Waals surface area contributed by atoms with E-state index in [-0.39, 0.29) is 0 Å². The molecule has 2 aromatic rings. The molecule has 0 saturated heterocycles. The van der Waals surface area contributed by atoms with Crippen LogP contribution in [0.2, 0.25) is 0 Å². The molecule has 4 heteroatoms. The molecule has 0 amide bonds. The van der Waals surface area contributed by atoms with Gasteiger partial charge in [-0.2, -0.15) is 0 Å². The first-order valence-corrected chi connectivity index (χ1v) is 9.24. The summed E-state index contributed by atoms with van der Waals surface area (Å²) in [7, 11) is 0. The lowest BCUT2D eigenvalue weighted by Crippen LogP contribution is -2.33. The number of hydrogen-bond donors (Lipinski definition) is 1. The van der Waals surface area contributed by atoms with E-state index in [4.69, 9.17) is 0 Å². The molecule has 0 fully saturated rings. The fraction of sp³-hybridized carbons (Fsp3) is 0.471. The predicted molar refractivity (Wildman–Crippen MR) is 94.7 cm³/mol. The average Bonchev–Trinajstić information content (AvgIpc) is 2.75. The first-order valence-electron chi connectivity index (χ1n) is 7.44. The van der Waals surface area contributed by atoms with Crippen LogP contribution in [-0.4, -0.2) is 23.3 Å². The third-order valence-corrected chi connectivity index (χ3v) is 5.68. The Morgan fingerprint density at radius 3 is 2.71 bits per heavy atom. The van der Waals surface area contributed by atoms with Gasteiger partial charge in [-0.25, -0.2) is 4.98 Å². The van der Waals surface area contributed by atoms with E-state index in [2.05, 4.69) is 62.3 Å². The fourth-order valence-electron chi connectivity index (χ4n) is 2.22. The van der Waals surface area contributed by atoms with Crippen LogP contribution >= 0.6 is 23.1 Å². The van der Waals surface area contributed by atoms with Crippen LogP contribution in [-0.2, 0) is 6.42 Å². The quantitative estimate of drug-likeness (QED) is 0.766. The lowest BCUT2D eigenvalue weighted by atomic mass is 10.2. The maximum atomic E-state index is 4.67. The molecule has 21 heavy (non-hydrogen) atoms. The Morgan fingerprint density at radius 2 is 2.10 bits per heavy atom. The van der Waals surface area contributed by atoms with E-state index in [1.807, 2.05) is 23.1 Å². The Bertz CT molecular complexity index is 558. The second-order valence-corrected chi connectivity index (χ2v) is 7.72. The van der Waals surface area contributed by atoms with Gasteiger partial charge in [0.25, 0.3) is 0 Å². The Hall–Kier alpha value is -0.840. The van der Waals surface area contributed by atoms with Gasteiger partial charge in [0.1, 0.15) is 0 Å².